The highest BCUT2D eigenvalue weighted by atomic mass is 16.2. The molecular formula is C16H26N4O2. The van der Waals surface area contributed by atoms with Gasteiger partial charge in [-0.1, -0.05) is 13.8 Å². The quantitative estimate of drug-likeness (QED) is 0.380. The summed E-state index contributed by atoms with van der Waals surface area (Å²) in [5.74, 6) is 0.402. The SMILES string of the molecule is CC(C)CCN/C=C(/C#N)C(=O)NCCCN1CCCC1=O. The van der Waals surface area contributed by atoms with Crippen molar-refractivity contribution in [3.8, 4) is 6.07 Å². The lowest BCUT2D eigenvalue weighted by atomic mass is 10.1. The van der Waals surface area contributed by atoms with E-state index in [0.29, 0.717) is 31.8 Å². The summed E-state index contributed by atoms with van der Waals surface area (Å²) in [4.78, 5) is 25.1. The Labute approximate surface area is 132 Å². The molecule has 0 atom stereocenters. The molecule has 1 fully saturated rings. The lowest BCUT2D eigenvalue weighted by Crippen LogP contribution is -2.31. The molecule has 0 unspecified atom stereocenters. The molecule has 0 aromatic rings. The Hall–Kier alpha value is -2.03. The van der Waals surface area contributed by atoms with Gasteiger partial charge in [0.25, 0.3) is 5.91 Å². The molecule has 6 heteroatoms. The number of rotatable bonds is 9. The molecule has 0 aliphatic carbocycles. The first-order valence-corrected chi connectivity index (χ1v) is 7.94. The van der Waals surface area contributed by atoms with Crippen LogP contribution in [0.15, 0.2) is 11.8 Å². The van der Waals surface area contributed by atoms with Gasteiger partial charge >= 0.3 is 0 Å². The van der Waals surface area contributed by atoms with Crippen LogP contribution in [-0.4, -0.2) is 42.9 Å². The molecule has 1 heterocycles. The van der Waals surface area contributed by atoms with Crippen molar-refractivity contribution in [3.63, 3.8) is 0 Å². The van der Waals surface area contributed by atoms with Crippen molar-refractivity contribution in [2.45, 2.75) is 39.5 Å². The predicted octanol–water partition coefficient (Wildman–Crippen LogP) is 1.16. The molecule has 2 N–H and O–H groups in total. The third kappa shape index (κ3) is 6.61. The van der Waals surface area contributed by atoms with Crippen LogP contribution in [0.25, 0.3) is 0 Å². The van der Waals surface area contributed by atoms with E-state index < -0.39 is 0 Å². The van der Waals surface area contributed by atoms with Gasteiger partial charge in [0.2, 0.25) is 5.91 Å². The minimum absolute atomic E-state index is 0.0843. The van der Waals surface area contributed by atoms with Crippen LogP contribution in [0.5, 0.6) is 0 Å². The Morgan fingerprint density at radius 3 is 2.82 bits per heavy atom. The van der Waals surface area contributed by atoms with Gasteiger partial charge in [-0.15, -0.1) is 0 Å². The fraction of sp³-hybridized carbons (Fsp3) is 0.688. The van der Waals surface area contributed by atoms with Gasteiger partial charge in [0.1, 0.15) is 11.6 Å². The molecule has 1 saturated heterocycles. The van der Waals surface area contributed by atoms with Crippen LogP contribution < -0.4 is 10.6 Å². The van der Waals surface area contributed by atoms with Crippen LogP contribution in [0, 0.1) is 17.2 Å². The van der Waals surface area contributed by atoms with Crippen molar-refractivity contribution in [1.29, 1.82) is 5.26 Å². The number of hydrogen-bond donors (Lipinski definition) is 2. The van der Waals surface area contributed by atoms with Crippen LogP contribution in [0.4, 0.5) is 0 Å². The summed E-state index contributed by atoms with van der Waals surface area (Å²) in [5.41, 5.74) is 0.0843. The Morgan fingerprint density at radius 2 is 2.23 bits per heavy atom. The van der Waals surface area contributed by atoms with Gasteiger partial charge in [-0.05, 0) is 25.2 Å². The number of carbonyl (C=O) groups is 2. The summed E-state index contributed by atoms with van der Waals surface area (Å²) in [6.07, 6.45) is 4.73. The zero-order chi connectivity index (χ0) is 16.4. The zero-order valence-corrected chi connectivity index (χ0v) is 13.5. The van der Waals surface area contributed by atoms with Crippen LogP contribution >= 0.6 is 0 Å². The van der Waals surface area contributed by atoms with E-state index in [9.17, 15) is 9.59 Å². The van der Waals surface area contributed by atoms with Crippen LogP contribution in [0.1, 0.15) is 39.5 Å². The summed E-state index contributed by atoms with van der Waals surface area (Å²) in [5, 5.41) is 14.7. The van der Waals surface area contributed by atoms with Gasteiger partial charge in [-0.3, -0.25) is 9.59 Å². The number of nitriles is 1. The summed E-state index contributed by atoms with van der Waals surface area (Å²) < 4.78 is 0. The lowest BCUT2D eigenvalue weighted by molar-refractivity contribution is -0.127. The maximum absolute atomic E-state index is 11.8. The number of nitrogens with zero attached hydrogens (tertiary/aromatic N) is 2. The number of amides is 2. The standard InChI is InChI=1S/C16H26N4O2/c1-13(2)6-8-18-12-14(11-17)16(22)19-7-4-10-20-9-3-5-15(20)21/h12-13,18H,3-10H2,1-2H3,(H,19,22)/b14-12-. The third-order valence-corrected chi connectivity index (χ3v) is 3.54. The Kier molecular flexibility index (Phi) is 8.05. The second-order valence-electron chi connectivity index (χ2n) is 5.90. The molecule has 1 aliphatic heterocycles. The molecule has 0 aromatic heterocycles. The van der Waals surface area contributed by atoms with E-state index in [0.717, 1.165) is 25.9 Å². The number of likely N-dealkylation sites (tertiary alicyclic amines) is 1. The first kappa shape index (κ1) is 18.0. The number of hydrogen-bond acceptors (Lipinski definition) is 4. The van der Waals surface area contributed by atoms with E-state index >= 15 is 0 Å². The molecule has 0 saturated carbocycles. The van der Waals surface area contributed by atoms with Gasteiger partial charge in [0.05, 0.1) is 0 Å². The maximum Gasteiger partial charge on any atom is 0.263 e. The molecule has 0 bridgehead atoms. The summed E-state index contributed by atoms with van der Waals surface area (Å²) in [6, 6.07) is 1.90. The van der Waals surface area contributed by atoms with Gasteiger partial charge in [0, 0.05) is 38.8 Å². The second-order valence-corrected chi connectivity index (χ2v) is 5.90. The van der Waals surface area contributed by atoms with Gasteiger partial charge in [-0.25, -0.2) is 0 Å². The first-order valence-electron chi connectivity index (χ1n) is 7.94. The summed E-state index contributed by atoms with van der Waals surface area (Å²) in [6.45, 7) is 6.93. The zero-order valence-electron chi connectivity index (χ0n) is 13.5. The van der Waals surface area contributed by atoms with Crippen LogP contribution in [-0.2, 0) is 9.59 Å². The fourth-order valence-corrected chi connectivity index (χ4v) is 2.20. The minimum Gasteiger partial charge on any atom is -0.390 e. The van der Waals surface area contributed by atoms with E-state index in [4.69, 9.17) is 5.26 Å². The molecule has 2 amide bonds. The number of nitrogens with one attached hydrogen (secondary N) is 2. The van der Waals surface area contributed by atoms with Crippen LogP contribution in [0.3, 0.4) is 0 Å². The molecule has 1 aliphatic rings. The average molecular weight is 306 g/mol. The normalized spacial score (nSPS) is 15.1. The fourth-order valence-electron chi connectivity index (χ4n) is 2.20. The molecular weight excluding hydrogens is 280 g/mol. The van der Waals surface area contributed by atoms with E-state index in [2.05, 4.69) is 24.5 Å². The highest BCUT2D eigenvalue weighted by molar-refractivity contribution is 5.97. The van der Waals surface area contributed by atoms with Gasteiger partial charge in [0.15, 0.2) is 0 Å². The molecule has 0 radical (unpaired) electrons. The third-order valence-electron chi connectivity index (χ3n) is 3.54. The lowest BCUT2D eigenvalue weighted by Gasteiger charge is -2.15. The molecule has 122 valence electrons. The maximum atomic E-state index is 11.8. The van der Waals surface area contributed by atoms with Gasteiger partial charge < -0.3 is 15.5 Å². The minimum atomic E-state index is -0.368. The Balaban J connectivity index is 2.22. The Bertz CT molecular complexity index is 452. The molecule has 0 spiro atoms. The van der Waals surface area contributed by atoms with Crippen molar-refractivity contribution in [1.82, 2.24) is 15.5 Å². The Morgan fingerprint density at radius 1 is 1.45 bits per heavy atom. The van der Waals surface area contributed by atoms with Crippen molar-refractivity contribution < 1.29 is 9.59 Å². The largest absolute Gasteiger partial charge is 0.390 e. The van der Waals surface area contributed by atoms with E-state index in [1.54, 1.807) is 0 Å². The average Bonchev–Trinajstić information content (AvgIpc) is 2.88. The van der Waals surface area contributed by atoms with E-state index in [-0.39, 0.29) is 17.4 Å². The molecule has 0 aromatic carbocycles. The van der Waals surface area contributed by atoms with E-state index in [1.165, 1.54) is 6.20 Å². The summed E-state index contributed by atoms with van der Waals surface area (Å²) >= 11 is 0. The highest BCUT2D eigenvalue weighted by Gasteiger charge is 2.19. The van der Waals surface area contributed by atoms with E-state index in [1.807, 2.05) is 11.0 Å². The monoisotopic (exact) mass is 306 g/mol. The predicted molar refractivity (Wildman–Crippen MR) is 84.6 cm³/mol. The molecule has 1 rings (SSSR count). The summed E-state index contributed by atoms with van der Waals surface area (Å²) in [7, 11) is 0. The van der Waals surface area contributed by atoms with Gasteiger partial charge in [-0.2, -0.15) is 5.26 Å². The highest BCUT2D eigenvalue weighted by Crippen LogP contribution is 2.09. The second kappa shape index (κ2) is 9.82. The smallest absolute Gasteiger partial charge is 0.263 e. The molecule has 22 heavy (non-hydrogen) atoms. The van der Waals surface area contributed by atoms with Crippen molar-refractivity contribution in [2.24, 2.45) is 5.92 Å². The first-order chi connectivity index (χ1) is 10.5. The van der Waals surface area contributed by atoms with Crippen molar-refractivity contribution in [3.05, 3.63) is 11.8 Å². The van der Waals surface area contributed by atoms with Crippen molar-refractivity contribution in [2.75, 3.05) is 26.2 Å². The van der Waals surface area contributed by atoms with Crippen LogP contribution in [0.2, 0.25) is 0 Å². The molecule has 6 nitrogen and oxygen atoms in total. The topological polar surface area (TPSA) is 85.2 Å². The number of carbonyl (C=O) groups excluding carboxylic acids is 2. The van der Waals surface area contributed by atoms with Crippen molar-refractivity contribution >= 4 is 11.8 Å².